The third-order valence-electron chi connectivity index (χ3n) is 5.05. The number of anilines is 1. The van der Waals surface area contributed by atoms with Crippen molar-refractivity contribution in [2.24, 2.45) is 0 Å². The fourth-order valence-electron chi connectivity index (χ4n) is 3.41. The zero-order valence-corrected chi connectivity index (χ0v) is 18.7. The van der Waals surface area contributed by atoms with Gasteiger partial charge in [0.05, 0.1) is 23.8 Å². The molecule has 0 spiro atoms. The van der Waals surface area contributed by atoms with Crippen molar-refractivity contribution in [1.82, 2.24) is 14.1 Å². The number of carbonyl (C=O) groups is 1. The Morgan fingerprint density at radius 2 is 1.79 bits per heavy atom. The van der Waals surface area contributed by atoms with Crippen molar-refractivity contribution in [3.8, 4) is 0 Å². The van der Waals surface area contributed by atoms with E-state index in [9.17, 15) is 18.8 Å². The van der Waals surface area contributed by atoms with Gasteiger partial charge in [0.2, 0.25) is 5.91 Å². The summed E-state index contributed by atoms with van der Waals surface area (Å²) in [5, 5.41) is 2.68. The molecule has 4 aromatic rings. The Kier molecular flexibility index (Phi) is 6.60. The van der Waals surface area contributed by atoms with Crippen LogP contribution >= 0.6 is 11.3 Å². The quantitative estimate of drug-likeness (QED) is 0.421. The lowest BCUT2D eigenvalue weighted by atomic mass is 10.2. The lowest BCUT2D eigenvalue weighted by Crippen LogP contribution is -2.44. The van der Waals surface area contributed by atoms with Crippen molar-refractivity contribution in [3.63, 3.8) is 0 Å². The first kappa shape index (κ1) is 22.3. The molecule has 2 aromatic carbocycles. The van der Waals surface area contributed by atoms with Crippen LogP contribution in [0.5, 0.6) is 0 Å². The van der Waals surface area contributed by atoms with Crippen LogP contribution in [0.15, 0.2) is 81.8 Å². The fraction of sp³-hybridized carbons (Fsp3) is 0.167. The second-order valence-electron chi connectivity index (χ2n) is 7.45. The summed E-state index contributed by atoms with van der Waals surface area (Å²) in [6.45, 7) is 1.81. The van der Waals surface area contributed by atoms with Gasteiger partial charge in [0.1, 0.15) is 12.4 Å². The van der Waals surface area contributed by atoms with Crippen molar-refractivity contribution < 1.29 is 9.18 Å². The number of halogens is 1. The molecule has 0 aliphatic heterocycles. The zero-order chi connectivity index (χ0) is 23.4. The molecule has 0 atom stereocenters. The summed E-state index contributed by atoms with van der Waals surface area (Å²) in [6.07, 6.45) is 1.43. The molecule has 0 unspecified atom stereocenters. The molecule has 0 saturated carbocycles. The topological polar surface area (TPSA) is 77.2 Å². The average Bonchev–Trinajstić information content (AvgIpc) is 3.23. The van der Waals surface area contributed by atoms with Crippen LogP contribution in [-0.4, -0.2) is 20.0 Å². The highest BCUT2D eigenvalue weighted by atomic mass is 32.1. The van der Waals surface area contributed by atoms with Crippen molar-refractivity contribution in [2.45, 2.75) is 26.6 Å². The highest BCUT2D eigenvalue weighted by Gasteiger charge is 2.20. The number of hydrogen-bond acceptors (Lipinski definition) is 5. The number of carbonyl (C=O) groups excluding carboxylic acids is 1. The maximum atomic E-state index is 13.5. The van der Waals surface area contributed by atoms with E-state index in [-0.39, 0.29) is 13.1 Å². The average molecular weight is 465 g/mol. The molecular weight excluding hydrogens is 443 g/mol. The molecule has 2 aromatic heterocycles. The number of nitrogens with zero attached hydrogens (tertiary/aromatic N) is 4. The van der Waals surface area contributed by atoms with E-state index in [4.69, 9.17) is 0 Å². The highest BCUT2D eigenvalue weighted by Crippen LogP contribution is 2.19. The standard InChI is InChI=1S/C24H21FN4O3S/c1-17-26-20(16-33-17)14-28(21-9-7-19(25)8-10-21)23(31)15-29-22(30)11-12-27(24(29)32)13-18-5-3-2-4-6-18/h2-12,16H,13-15H2,1H3. The minimum Gasteiger partial charge on any atom is -0.305 e. The van der Waals surface area contributed by atoms with Crippen LogP contribution in [0.3, 0.4) is 0 Å². The van der Waals surface area contributed by atoms with Gasteiger partial charge in [-0.05, 0) is 36.8 Å². The molecule has 33 heavy (non-hydrogen) atoms. The number of thiazole rings is 1. The number of rotatable bonds is 7. The van der Waals surface area contributed by atoms with Gasteiger partial charge in [0.15, 0.2) is 0 Å². The Balaban J connectivity index is 1.64. The van der Waals surface area contributed by atoms with Gasteiger partial charge in [0.25, 0.3) is 5.56 Å². The second-order valence-corrected chi connectivity index (χ2v) is 8.51. The maximum absolute atomic E-state index is 13.5. The first-order valence-electron chi connectivity index (χ1n) is 10.2. The molecule has 1 amide bonds. The smallest absolute Gasteiger partial charge is 0.305 e. The van der Waals surface area contributed by atoms with Crippen LogP contribution < -0.4 is 16.1 Å². The van der Waals surface area contributed by atoms with E-state index in [1.807, 2.05) is 42.6 Å². The van der Waals surface area contributed by atoms with E-state index in [1.54, 1.807) is 0 Å². The molecule has 9 heteroatoms. The Morgan fingerprint density at radius 1 is 1.06 bits per heavy atom. The van der Waals surface area contributed by atoms with Gasteiger partial charge < -0.3 is 4.90 Å². The fourth-order valence-corrected chi connectivity index (χ4v) is 4.01. The van der Waals surface area contributed by atoms with Crippen LogP contribution in [0.1, 0.15) is 16.3 Å². The summed E-state index contributed by atoms with van der Waals surface area (Å²) in [5.74, 6) is -0.914. The monoisotopic (exact) mass is 464 g/mol. The largest absolute Gasteiger partial charge is 0.331 e. The molecule has 2 heterocycles. The van der Waals surface area contributed by atoms with Crippen LogP contribution in [-0.2, 0) is 24.4 Å². The molecular formula is C24H21FN4O3S. The predicted octanol–water partition coefficient (Wildman–Crippen LogP) is 3.20. The van der Waals surface area contributed by atoms with Gasteiger partial charge in [0, 0.05) is 23.3 Å². The minimum absolute atomic E-state index is 0.134. The highest BCUT2D eigenvalue weighted by molar-refractivity contribution is 7.09. The summed E-state index contributed by atoms with van der Waals surface area (Å²) < 4.78 is 15.7. The number of amides is 1. The molecule has 0 bridgehead atoms. The molecule has 0 N–H and O–H groups in total. The van der Waals surface area contributed by atoms with Gasteiger partial charge in [-0.1, -0.05) is 30.3 Å². The Hall–Kier alpha value is -3.85. The summed E-state index contributed by atoms with van der Waals surface area (Å²) in [4.78, 5) is 44.5. The van der Waals surface area contributed by atoms with Crippen molar-refractivity contribution in [3.05, 3.63) is 115 Å². The van der Waals surface area contributed by atoms with Crippen molar-refractivity contribution in [2.75, 3.05) is 4.90 Å². The van der Waals surface area contributed by atoms with Gasteiger partial charge in [-0.25, -0.2) is 14.2 Å². The SMILES string of the molecule is Cc1nc(CN(C(=O)Cn2c(=O)ccn(Cc3ccccc3)c2=O)c2ccc(F)cc2)cs1. The minimum atomic E-state index is -0.580. The van der Waals surface area contributed by atoms with Crippen molar-refractivity contribution in [1.29, 1.82) is 0 Å². The number of aromatic nitrogens is 3. The van der Waals surface area contributed by atoms with Gasteiger partial charge >= 0.3 is 5.69 Å². The number of aryl methyl sites for hydroxylation is 1. The predicted molar refractivity (Wildman–Crippen MR) is 125 cm³/mol. The lowest BCUT2D eigenvalue weighted by Gasteiger charge is -2.22. The van der Waals surface area contributed by atoms with Crippen molar-refractivity contribution >= 4 is 22.9 Å². The summed E-state index contributed by atoms with van der Waals surface area (Å²) in [5.41, 5.74) is 0.852. The van der Waals surface area contributed by atoms with E-state index >= 15 is 0 Å². The van der Waals surface area contributed by atoms with Crippen LogP contribution in [0.25, 0.3) is 0 Å². The second kappa shape index (κ2) is 9.74. The number of benzene rings is 2. The first-order chi connectivity index (χ1) is 15.9. The van der Waals surface area contributed by atoms with E-state index < -0.39 is 29.5 Å². The maximum Gasteiger partial charge on any atom is 0.331 e. The summed E-state index contributed by atoms with van der Waals surface area (Å²) >= 11 is 1.45. The normalized spacial score (nSPS) is 10.8. The lowest BCUT2D eigenvalue weighted by molar-refractivity contribution is -0.119. The first-order valence-corrected chi connectivity index (χ1v) is 11.1. The van der Waals surface area contributed by atoms with E-state index in [2.05, 4.69) is 4.98 Å². The molecule has 0 aliphatic rings. The van der Waals surface area contributed by atoms with Gasteiger partial charge in [-0.2, -0.15) is 0 Å². The molecule has 0 saturated heterocycles. The molecule has 168 valence electrons. The molecule has 7 nitrogen and oxygen atoms in total. The van der Waals surface area contributed by atoms with E-state index in [0.29, 0.717) is 11.4 Å². The molecule has 0 radical (unpaired) electrons. The Bertz CT molecular complexity index is 1380. The summed E-state index contributed by atoms with van der Waals surface area (Å²) in [6, 6.07) is 16.1. The Morgan fingerprint density at radius 3 is 2.45 bits per heavy atom. The third-order valence-corrected chi connectivity index (χ3v) is 5.88. The molecule has 4 rings (SSSR count). The summed E-state index contributed by atoms with van der Waals surface area (Å²) in [7, 11) is 0. The van der Waals surface area contributed by atoms with Crippen LogP contribution in [0.4, 0.5) is 10.1 Å². The van der Waals surface area contributed by atoms with Gasteiger partial charge in [-0.3, -0.25) is 18.7 Å². The van der Waals surface area contributed by atoms with E-state index in [0.717, 1.165) is 15.1 Å². The van der Waals surface area contributed by atoms with Crippen LogP contribution in [0.2, 0.25) is 0 Å². The Labute approximate surface area is 193 Å². The number of hydrogen-bond donors (Lipinski definition) is 0. The van der Waals surface area contributed by atoms with Gasteiger partial charge in [-0.15, -0.1) is 11.3 Å². The van der Waals surface area contributed by atoms with E-state index in [1.165, 1.54) is 57.3 Å². The molecule has 0 fully saturated rings. The molecule has 0 aliphatic carbocycles. The zero-order valence-electron chi connectivity index (χ0n) is 17.8. The third kappa shape index (κ3) is 5.32. The van der Waals surface area contributed by atoms with Crippen LogP contribution in [0, 0.1) is 12.7 Å².